The maximum Gasteiger partial charge on any atom is 0.223 e. The Morgan fingerprint density at radius 1 is 1.24 bits per heavy atom. The highest BCUT2D eigenvalue weighted by Gasteiger charge is 2.04. The number of nitrogens with zero attached hydrogens (tertiary/aromatic N) is 2. The van der Waals surface area contributed by atoms with Gasteiger partial charge in [0.2, 0.25) is 5.88 Å². The Morgan fingerprint density at radius 3 is 2.59 bits per heavy atom. The van der Waals surface area contributed by atoms with E-state index in [2.05, 4.69) is 25.9 Å². The third kappa shape index (κ3) is 3.23. The number of halogens is 2. The lowest BCUT2D eigenvalue weighted by Gasteiger charge is -2.06. The molecule has 0 radical (unpaired) electrons. The van der Waals surface area contributed by atoms with Crippen LogP contribution < -0.4 is 4.74 Å². The lowest BCUT2D eigenvalue weighted by Crippen LogP contribution is -1.96. The highest BCUT2D eigenvalue weighted by Crippen LogP contribution is 2.22. The lowest BCUT2D eigenvalue weighted by molar-refractivity contribution is 0.456. The van der Waals surface area contributed by atoms with Gasteiger partial charge in [0.05, 0.1) is 0 Å². The van der Waals surface area contributed by atoms with Gasteiger partial charge < -0.3 is 4.74 Å². The summed E-state index contributed by atoms with van der Waals surface area (Å²) in [5.74, 6) is 1.38. The second kappa shape index (κ2) is 5.23. The molecule has 1 heterocycles. The van der Waals surface area contributed by atoms with Crippen molar-refractivity contribution in [3.8, 4) is 11.6 Å². The van der Waals surface area contributed by atoms with E-state index in [0.29, 0.717) is 22.1 Å². The summed E-state index contributed by atoms with van der Waals surface area (Å²) in [4.78, 5) is 8.39. The van der Waals surface area contributed by atoms with E-state index in [4.69, 9.17) is 4.74 Å². The maximum absolute atomic E-state index is 12.7. The molecule has 0 bridgehead atoms. The van der Waals surface area contributed by atoms with Crippen LogP contribution in [0.1, 0.15) is 12.7 Å². The summed E-state index contributed by atoms with van der Waals surface area (Å²) in [6.07, 6.45) is 0.721. The first-order valence-corrected chi connectivity index (χ1v) is 5.93. The zero-order valence-corrected chi connectivity index (χ0v) is 10.7. The van der Waals surface area contributed by atoms with Crippen LogP contribution in [0.5, 0.6) is 11.6 Å². The summed E-state index contributed by atoms with van der Waals surface area (Å²) >= 11 is 3.29. The molecule has 0 aliphatic carbocycles. The quantitative estimate of drug-likeness (QED) is 0.810. The molecule has 0 spiro atoms. The van der Waals surface area contributed by atoms with Gasteiger partial charge in [0.15, 0.2) is 0 Å². The number of aryl methyl sites for hydroxylation is 1. The zero-order valence-electron chi connectivity index (χ0n) is 9.15. The van der Waals surface area contributed by atoms with E-state index in [1.165, 1.54) is 12.1 Å². The van der Waals surface area contributed by atoms with Crippen molar-refractivity contribution in [3.63, 3.8) is 0 Å². The van der Waals surface area contributed by atoms with Crippen LogP contribution in [0.4, 0.5) is 4.39 Å². The number of hydrogen-bond donors (Lipinski definition) is 0. The van der Waals surface area contributed by atoms with Crippen molar-refractivity contribution in [2.24, 2.45) is 0 Å². The van der Waals surface area contributed by atoms with Crippen LogP contribution in [-0.4, -0.2) is 9.97 Å². The molecule has 2 rings (SSSR count). The molecule has 0 N–H and O–H groups in total. The van der Waals surface area contributed by atoms with Crippen LogP contribution in [0.3, 0.4) is 0 Å². The Hall–Kier alpha value is -1.49. The molecule has 0 aliphatic heterocycles. The van der Waals surface area contributed by atoms with Crippen molar-refractivity contribution in [3.05, 3.63) is 46.6 Å². The molecule has 0 atom stereocenters. The molecule has 5 heteroatoms. The molecule has 2 aromatic rings. The number of ether oxygens (including phenoxy) is 1. The number of benzene rings is 1. The van der Waals surface area contributed by atoms with Crippen LogP contribution in [0, 0.1) is 5.82 Å². The summed E-state index contributed by atoms with van der Waals surface area (Å²) in [5, 5.41) is 0. The monoisotopic (exact) mass is 296 g/mol. The summed E-state index contributed by atoms with van der Waals surface area (Å²) in [5.41, 5.74) is 0. The predicted molar refractivity (Wildman–Crippen MR) is 65.6 cm³/mol. The van der Waals surface area contributed by atoms with Crippen molar-refractivity contribution >= 4 is 15.9 Å². The lowest BCUT2D eigenvalue weighted by atomic mass is 10.3. The minimum atomic E-state index is -0.296. The van der Waals surface area contributed by atoms with E-state index in [1.807, 2.05) is 6.92 Å². The summed E-state index contributed by atoms with van der Waals surface area (Å²) in [7, 11) is 0. The second-order valence-electron chi connectivity index (χ2n) is 3.35. The van der Waals surface area contributed by atoms with Crippen molar-refractivity contribution in [1.29, 1.82) is 0 Å². The number of hydrogen-bond acceptors (Lipinski definition) is 3. The van der Waals surface area contributed by atoms with Crippen LogP contribution in [0.25, 0.3) is 0 Å². The molecule has 1 aromatic carbocycles. The molecular weight excluding hydrogens is 287 g/mol. The molecule has 0 amide bonds. The Kier molecular flexibility index (Phi) is 3.68. The van der Waals surface area contributed by atoms with Crippen LogP contribution >= 0.6 is 15.9 Å². The van der Waals surface area contributed by atoms with Crippen LogP contribution in [0.2, 0.25) is 0 Å². The Morgan fingerprint density at radius 2 is 1.94 bits per heavy atom. The molecule has 0 saturated carbocycles. The highest BCUT2D eigenvalue weighted by atomic mass is 79.9. The molecule has 3 nitrogen and oxygen atoms in total. The summed E-state index contributed by atoms with van der Waals surface area (Å²) < 4.78 is 18.9. The SMILES string of the molecule is CCc1nc(Br)cc(Oc2ccc(F)cc2)n1. The first kappa shape index (κ1) is 12.0. The third-order valence-electron chi connectivity index (χ3n) is 2.07. The van der Waals surface area contributed by atoms with Gasteiger partial charge in [0.1, 0.15) is 22.0 Å². The highest BCUT2D eigenvalue weighted by molar-refractivity contribution is 9.10. The van der Waals surface area contributed by atoms with Crippen molar-refractivity contribution in [2.45, 2.75) is 13.3 Å². The Bertz CT molecular complexity index is 516. The van der Waals surface area contributed by atoms with E-state index in [-0.39, 0.29) is 5.82 Å². The first-order chi connectivity index (χ1) is 8.17. The minimum absolute atomic E-state index is 0.296. The number of aromatic nitrogens is 2. The van der Waals surface area contributed by atoms with Gasteiger partial charge in [-0.25, -0.2) is 9.37 Å². The fourth-order valence-electron chi connectivity index (χ4n) is 1.28. The van der Waals surface area contributed by atoms with Gasteiger partial charge in [0.25, 0.3) is 0 Å². The van der Waals surface area contributed by atoms with Crippen molar-refractivity contribution < 1.29 is 9.13 Å². The Balaban J connectivity index is 2.23. The zero-order chi connectivity index (χ0) is 12.3. The average molecular weight is 297 g/mol. The Labute approximate surface area is 107 Å². The largest absolute Gasteiger partial charge is 0.439 e. The van der Waals surface area contributed by atoms with E-state index >= 15 is 0 Å². The standard InChI is InChI=1S/C12H10BrFN2O/c1-2-11-15-10(13)7-12(16-11)17-9-5-3-8(14)4-6-9/h3-7H,2H2,1H3. The fourth-order valence-corrected chi connectivity index (χ4v) is 1.68. The topological polar surface area (TPSA) is 35.0 Å². The molecule has 0 unspecified atom stereocenters. The van der Waals surface area contributed by atoms with E-state index < -0.39 is 0 Å². The van der Waals surface area contributed by atoms with Gasteiger partial charge >= 0.3 is 0 Å². The van der Waals surface area contributed by atoms with E-state index in [0.717, 1.165) is 6.42 Å². The van der Waals surface area contributed by atoms with E-state index in [9.17, 15) is 4.39 Å². The van der Waals surface area contributed by atoms with Crippen LogP contribution in [0.15, 0.2) is 34.9 Å². The van der Waals surface area contributed by atoms with Gasteiger partial charge in [0, 0.05) is 12.5 Å². The van der Waals surface area contributed by atoms with Crippen molar-refractivity contribution in [2.75, 3.05) is 0 Å². The molecule has 0 saturated heterocycles. The molecule has 0 aliphatic rings. The third-order valence-corrected chi connectivity index (χ3v) is 2.48. The van der Waals surface area contributed by atoms with Gasteiger partial charge in [-0.3, -0.25) is 0 Å². The second-order valence-corrected chi connectivity index (χ2v) is 4.17. The van der Waals surface area contributed by atoms with Gasteiger partial charge in [-0.2, -0.15) is 4.98 Å². The minimum Gasteiger partial charge on any atom is -0.439 e. The molecule has 17 heavy (non-hydrogen) atoms. The fraction of sp³-hybridized carbons (Fsp3) is 0.167. The average Bonchev–Trinajstić information content (AvgIpc) is 2.31. The van der Waals surface area contributed by atoms with Gasteiger partial charge in [-0.1, -0.05) is 6.92 Å². The van der Waals surface area contributed by atoms with Crippen molar-refractivity contribution in [1.82, 2.24) is 9.97 Å². The first-order valence-electron chi connectivity index (χ1n) is 5.14. The molecular formula is C12H10BrFN2O. The summed E-state index contributed by atoms with van der Waals surface area (Å²) in [6, 6.07) is 7.45. The summed E-state index contributed by atoms with van der Waals surface area (Å²) in [6.45, 7) is 1.96. The molecule has 1 aromatic heterocycles. The maximum atomic E-state index is 12.7. The van der Waals surface area contributed by atoms with Gasteiger partial charge in [-0.05, 0) is 40.2 Å². The predicted octanol–water partition coefficient (Wildman–Crippen LogP) is 3.73. The molecule has 88 valence electrons. The normalized spacial score (nSPS) is 10.3. The van der Waals surface area contributed by atoms with Gasteiger partial charge in [-0.15, -0.1) is 0 Å². The smallest absolute Gasteiger partial charge is 0.223 e. The number of rotatable bonds is 3. The van der Waals surface area contributed by atoms with E-state index in [1.54, 1.807) is 18.2 Å². The van der Waals surface area contributed by atoms with Crippen LogP contribution in [-0.2, 0) is 6.42 Å². The molecule has 0 fully saturated rings.